The van der Waals surface area contributed by atoms with Gasteiger partial charge in [0.05, 0.1) is 6.54 Å². The molecule has 0 spiro atoms. The quantitative estimate of drug-likeness (QED) is 0.924. The topological polar surface area (TPSA) is 32.3 Å². The molecule has 1 saturated carbocycles. The smallest absolute Gasteiger partial charge is 0.238 e. The number of carbonyl (C=O) groups excluding carboxylic acids is 1. The zero-order valence-electron chi connectivity index (χ0n) is 13.4. The van der Waals surface area contributed by atoms with E-state index in [1.807, 2.05) is 0 Å². The first-order valence-electron chi connectivity index (χ1n) is 8.09. The molecule has 1 amide bonds. The Morgan fingerprint density at radius 2 is 2.00 bits per heavy atom. The van der Waals surface area contributed by atoms with Gasteiger partial charge >= 0.3 is 0 Å². The van der Waals surface area contributed by atoms with Gasteiger partial charge in [-0.1, -0.05) is 43.5 Å². The van der Waals surface area contributed by atoms with E-state index in [9.17, 15) is 4.79 Å². The first kappa shape index (κ1) is 14.6. The fourth-order valence-electron chi connectivity index (χ4n) is 3.85. The molecule has 0 bridgehead atoms. The van der Waals surface area contributed by atoms with Crippen molar-refractivity contribution >= 4 is 5.91 Å². The van der Waals surface area contributed by atoms with Crippen molar-refractivity contribution in [3.05, 3.63) is 34.9 Å². The van der Waals surface area contributed by atoms with E-state index >= 15 is 0 Å². The van der Waals surface area contributed by atoms with E-state index in [1.54, 1.807) is 0 Å². The highest BCUT2D eigenvalue weighted by molar-refractivity contribution is 5.81. The summed E-state index contributed by atoms with van der Waals surface area (Å²) >= 11 is 0. The predicted octanol–water partition coefficient (Wildman–Crippen LogP) is 3.31. The minimum absolute atomic E-state index is 0.0508. The second-order valence-electron chi connectivity index (χ2n) is 7.18. The van der Waals surface area contributed by atoms with Crippen molar-refractivity contribution in [3.63, 3.8) is 0 Å². The molecule has 1 aromatic rings. The molecule has 114 valence electrons. The van der Waals surface area contributed by atoms with E-state index < -0.39 is 0 Å². The lowest BCUT2D eigenvalue weighted by atomic mass is 9.88. The number of hydrogen-bond acceptors (Lipinski definition) is 2. The minimum atomic E-state index is 0.0508. The van der Waals surface area contributed by atoms with Gasteiger partial charge in [-0.25, -0.2) is 0 Å². The van der Waals surface area contributed by atoms with Crippen LogP contribution in [0.15, 0.2) is 18.2 Å². The second kappa shape index (κ2) is 5.45. The number of rotatable bonds is 3. The molecule has 1 saturated heterocycles. The van der Waals surface area contributed by atoms with Crippen LogP contribution in [0.1, 0.15) is 55.5 Å². The lowest BCUT2D eigenvalue weighted by molar-refractivity contribution is -0.129. The third-order valence-electron chi connectivity index (χ3n) is 5.17. The van der Waals surface area contributed by atoms with Crippen LogP contribution in [0.4, 0.5) is 0 Å². The highest BCUT2D eigenvalue weighted by Crippen LogP contribution is 2.40. The highest BCUT2D eigenvalue weighted by Gasteiger charge is 2.39. The zero-order valence-corrected chi connectivity index (χ0v) is 13.4. The molecule has 21 heavy (non-hydrogen) atoms. The Kier molecular flexibility index (Phi) is 3.78. The van der Waals surface area contributed by atoms with E-state index in [4.69, 9.17) is 0 Å². The summed E-state index contributed by atoms with van der Waals surface area (Å²) in [7, 11) is 0. The van der Waals surface area contributed by atoms with Crippen LogP contribution in [0.25, 0.3) is 0 Å². The largest absolute Gasteiger partial charge is 0.321 e. The molecular formula is C18H26N2O. The first-order chi connectivity index (χ1) is 9.98. The molecule has 0 aromatic heterocycles. The molecule has 3 rings (SSSR count). The molecule has 1 N–H and O–H groups in total. The van der Waals surface area contributed by atoms with Crippen LogP contribution in [0.5, 0.6) is 0 Å². The molecule has 3 nitrogen and oxygen atoms in total. The number of nitrogens with zero attached hydrogens (tertiary/aromatic N) is 1. The van der Waals surface area contributed by atoms with Crippen LogP contribution in [0.3, 0.4) is 0 Å². The average molecular weight is 286 g/mol. The maximum Gasteiger partial charge on any atom is 0.238 e. The summed E-state index contributed by atoms with van der Waals surface area (Å²) in [4.78, 5) is 14.4. The van der Waals surface area contributed by atoms with Crippen molar-refractivity contribution in [2.24, 2.45) is 5.41 Å². The Bertz CT molecular complexity index is 546. The van der Waals surface area contributed by atoms with Gasteiger partial charge in [0.25, 0.3) is 0 Å². The van der Waals surface area contributed by atoms with Crippen molar-refractivity contribution in [2.45, 2.75) is 52.6 Å². The van der Waals surface area contributed by atoms with Crippen LogP contribution in [0.2, 0.25) is 0 Å². The van der Waals surface area contributed by atoms with Gasteiger partial charge in [-0.15, -0.1) is 0 Å². The molecule has 1 atom stereocenters. The van der Waals surface area contributed by atoms with E-state index in [0.717, 1.165) is 6.54 Å². The third-order valence-corrected chi connectivity index (χ3v) is 5.17. The Hall–Kier alpha value is -1.35. The van der Waals surface area contributed by atoms with Gasteiger partial charge in [0.1, 0.15) is 6.17 Å². The first-order valence-corrected chi connectivity index (χ1v) is 8.09. The van der Waals surface area contributed by atoms with E-state index in [0.29, 0.717) is 12.0 Å². The van der Waals surface area contributed by atoms with Crippen LogP contribution in [-0.4, -0.2) is 23.9 Å². The molecule has 2 fully saturated rings. The highest BCUT2D eigenvalue weighted by atomic mass is 16.2. The second-order valence-corrected chi connectivity index (χ2v) is 7.18. The summed E-state index contributed by atoms with van der Waals surface area (Å²) in [6, 6.07) is 6.51. The van der Waals surface area contributed by atoms with Gasteiger partial charge < -0.3 is 4.90 Å². The Balaban J connectivity index is 1.87. The summed E-state index contributed by atoms with van der Waals surface area (Å²) < 4.78 is 0. The fraction of sp³-hybridized carbons (Fsp3) is 0.611. The average Bonchev–Trinajstić information content (AvgIpc) is 3.01. The number of benzene rings is 1. The SMILES string of the molecule is Cc1ccc(C)c(C2NCC(=O)N2CC2(C)CCCC2)c1. The molecule has 3 heteroatoms. The number of aryl methyl sites for hydroxylation is 2. The van der Waals surface area contributed by atoms with Crippen LogP contribution < -0.4 is 5.32 Å². The zero-order chi connectivity index (χ0) is 15.0. The normalized spacial score (nSPS) is 24.8. The summed E-state index contributed by atoms with van der Waals surface area (Å²) in [6.07, 6.45) is 5.15. The number of nitrogens with one attached hydrogen (secondary N) is 1. The van der Waals surface area contributed by atoms with Gasteiger partial charge in [0, 0.05) is 6.54 Å². The van der Waals surface area contributed by atoms with Crippen molar-refractivity contribution in [1.29, 1.82) is 0 Å². The third kappa shape index (κ3) is 2.84. The van der Waals surface area contributed by atoms with Crippen molar-refractivity contribution in [2.75, 3.05) is 13.1 Å². The van der Waals surface area contributed by atoms with Crippen molar-refractivity contribution < 1.29 is 4.79 Å². The number of amides is 1. The summed E-state index contributed by atoms with van der Waals surface area (Å²) in [5, 5.41) is 3.41. The molecular weight excluding hydrogens is 260 g/mol. The van der Waals surface area contributed by atoms with Gasteiger partial charge in [0.15, 0.2) is 0 Å². The van der Waals surface area contributed by atoms with Crippen LogP contribution >= 0.6 is 0 Å². The maximum absolute atomic E-state index is 12.3. The molecule has 1 aliphatic heterocycles. The summed E-state index contributed by atoms with van der Waals surface area (Å²) in [6.45, 7) is 7.94. The van der Waals surface area contributed by atoms with Gasteiger partial charge in [0.2, 0.25) is 5.91 Å². The predicted molar refractivity (Wildman–Crippen MR) is 84.9 cm³/mol. The summed E-state index contributed by atoms with van der Waals surface area (Å²) in [5.41, 5.74) is 4.07. The fourth-order valence-corrected chi connectivity index (χ4v) is 3.85. The Morgan fingerprint density at radius 3 is 2.71 bits per heavy atom. The monoisotopic (exact) mass is 286 g/mol. The molecule has 0 radical (unpaired) electrons. The molecule has 2 aliphatic rings. The van der Waals surface area contributed by atoms with E-state index in [-0.39, 0.29) is 12.1 Å². The van der Waals surface area contributed by atoms with Gasteiger partial charge in [-0.2, -0.15) is 0 Å². The molecule has 1 unspecified atom stereocenters. The Labute approximate surface area is 127 Å². The molecule has 1 aromatic carbocycles. The molecule has 1 aliphatic carbocycles. The van der Waals surface area contributed by atoms with Crippen LogP contribution in [-0.2, 0) is 4.79 Å². The standard InChI is InChI=1S/C18H26N2O/c1-13-6-7-14(2)15(10-13)17-19-11-16(21)20(17)12-18(3)8-4-5-9-18/h6-7,10,17,19H,4-5,8-9,11-12H2,1-3H3. The number of hydrogen-bond donors (Lipinski definition) is 1. The summed E-state index contributed by atoms with van der Waals surface area (Å²) in [5.74, 6) is 0.244. The lowest BCUT2D eigenvalue weighted by Crippen LogP contribution is -2.38. The number of carbonyl (C=O) groups is 1. The lowest BCUT2D eigenvalue weighted by Gasteiger charge is -2.34. The van der Waals surface area contributed by atoms with Gasteiger partial charge in [-0.3, -0.25) is 10.1 Å². The van der Waals surface area contributed by atoms with Crippen molar-refractivity contribution in [1.82, 2.24) is 10.2 Å². The van der Waals surface area contributed by atoms with E-state index in [2.05, 4.69) is 49.2 Å². The minimum Gasteiger partial charge on any atom is -0.321 e. The Morgan fingerprint density at radius 1 is 1.29 bits per heavy atom. The van der Waals surface area contributed by atoms with Crippen LogP contribution in [0, 0.1) is 19.3 Å². The van der Waals surface area contributed by atoms with E-state index in [1.165, 1.54) is 42.4 Å². The van der Waals surface area contributed by atoms with Gasteiger partial charge in [-0.05, 0) is 43.2 Å². The maximum atomic E-state index is 12.3. The van der Waals surface area contributed by atoms with Crippen molar-refractivity contribution in [3.8, 4) is 0 Å². The molecule has 1 heterocycles.